The van der Waals surface area contributed by atoms with Crippen molar-refractivity contribution in [2.45, 2.75) is 19.6 Å². The summed E-state index contributed by atoms with van der Waals surface area (Å²) in [6.07, 6.45) is -0.00660. The third-order valence-electron chi connectivity index (χ3n) is 2.57. The fourth-order valence-corrected chi connectivity index (χ4v) is 1.60. The number of methoxy groups -OCH3 is 2. The predicted octanol–water partition coefficient (Wildman–Crippen LogP) is 1.89. The van der Waals surface area contributed by atoms with E-state index >= 15 is 0 Å². The van der Waals surface area contributed by atoms with E-state index < -0.39 is 0 Å². The summed E-state index contributed by atoms with van der Waals surface area (Å²) >= 11 is 0. The van der Waals surface area contributed by atoms with Gasteiger partial charge in [0.2, 0.25) is 0 Å². The van der Waals surface area contributed by atoms with Gasteiger partial charge in [-0.05, 0) is 13.0 Å². The van der Waals surface area contributed by atoms with Crippen molar-refractivity contribution in [1.82, 2.24) is 5.32 Å². The molecule has 1 rings (SSSR count). The maximum atomic E-state index is 13.4. The van der Waals surface area contributed by atoms with Crippen LogP contribution in [0.5, 0.6) is 0 Å². The number of nitrogens with one attached hydrogen (secondary N) is 1. The van der Waals surface area contributed by atoms with Crippen molar-refractivity contribution in [1.29, 1.82) is 0 Å². The van der Waals surface area contributed by atoms with Gasteiger partial charge in [0, 0.05) is 32.9 Å². The van der Waals surface area contributed by atoms with Crippen molar-refractivity contribution in [3.63, 3.8) is 0 Å². The van der Waals surface area contributed by atoms with Gasteiger partial charge in [0.1, 0.15) is 5.82 Å². The van der Waals surface area contributed by atoms with E-state index in [1.807, 2.05) is 13.0 Å². The zero-order chi connectivity index (χ0) is 12.7. The number of aryl methyl sites for hydroxylation is 1. The van der Waals surface area contributed by atoms with Crippen LogP contribution in [-0.4, -0.2) is 33.5 Å². The second-order valence-corrected chi connectivity index (χ2v) is 4.04. The zero-order valence-corrected chi connectivity index (χ0v) is 10.6. The zero-order valence-electron chi connectivity index (χ0n) is 10.6. The molecule has 3 nitrogen and oxygen atoms in total. The number of hydrogen-bond donors (Lipinski definition) is 1. The first kappa shape index (κ1) is 14.1. The smallest absolute Gasteiger partial charge is 0.127 e. The number of ether oxygens (including phenoxy) is 2. The SMILES string of the molecule is COCC(CNCc1cc(C)ccc1F)OC. The number of hydrogen-bond acceptors (Lipinski definition) is 3. The first-order valence-corrected chi connectivity index (χ1v) is 5.65. The molecule has 0 saturated carbocycles. The Bertz CT molecular complexity index is 344. The molecular weight excluding hydrogens is 221 g/mol. The van der Waals surface area contributed by atoms with E-state index in [9.17, 15) is 4.39 Å². The molecule has 96 valence electrons. The van der Waals surface area contributed by atoms with Crippen LogP contribution in [0.4, 0.5) is 4.39 Å². The van der Waals surface area contributed by atoms with Crippen molar-refractivity contribution in [2.24, 2.45) is 0 Å². The van der Waals surface area contributed by atoms with Crippen LogP contribution in [0, 0.1) is 12.7 Å². The second-order valence-electron chi connectivity index (χ2n) is 4.04. The van der Waals surface area contributed by atoms with Gasteiger partial charge < -0.3 is 14.8 Å². The average Bonchev–Trinajstić information content (AvgIpc) is 2.32. The average molecular weight is 241 g/mol. The van der Waals surface area contributed by atoms with Gasteiger partial charge in [0.05, 0.1) is 12.7 Å². The summed E-state index contributed by atoms with van der Waals surface area (Å²) in [7, 11) is 3.27. The van der Waals surface area contributed by atoms with Crippen molar-refractivity contribution in [2.75, 3.05) is 27.4 Å². The van der Waals surface area contributed by atoms with Crippen LogP contribution in [-0.2, 0) is 16.0 Å². The molecule has 1 aromatic carbocycles. The monoisotopic (exact) mass is 241 g/mol. The Balaban J connectivity index is 2.42. The highest BCUT2D eigenvalue weighted by atomic mass is 19.1. The van der Waals surface area contributed by atoms with Crippen LogP contribution in [0.1, 0.15) is 11.1 Å². The highest BCUT2D eigenvalue weighted by Gasteiger charge is 2.07. The summed E-state index contributed by atoms with van der Waals surface area (Å²) in [6.45, 7) is 3.61. The lowest BCUT2D eigenvalue weighted by molar-refractivity contribution is 0.0287. The molecule has 0 heterocycles. The van der Waals surface area contributed by atoms with E-state index in [2.05, 4.69) is 5.32 Å². The second kappa shape index (κ2) is 7.37. The topological polar surface area (TPSA) is 30.5 Å². The van der Waals surface area contributed by atoms with Crippen LogP contribution in [0.15, 0.2) is 18.2 Å². The molecule has 0 bridgehead atoms. The van der Waals surface area contributed by atoms with Crippen molar-refractivity contribution in [3.05, 3.63) is 35.1 Å². The highest BCUT2D eigenvalue weighted by molar-refractivity contribution is 5.23. The lowest BCUT2D eigenvalue weighted by Crippen LogP contribution is -2.31. The van der Waals surface area contributed by atoms with Crippen LogP contribution >= 0.6 is 0 Å². The van der Waals surface area contributed by atoms with Crippen molar-refractivity contribution >= 4 is 0 Å². The van der Waals surface area contributed by atoms with Gasteiger partial charge in [-0.15, -0.1) is 0 Å². The third-order valence-corrected chi connectivity index (χ3v) is 2.57. The summed E-state index contributed by atoms with van der Waals surface area (Å²) in [6, 6.07) is 5.11. The predicted molar refractivity (Wildman–Crippen MR) is 65.5 cm³/mol. The summed E-state index contributed by atoms with van der Waals surface area (Å²) in [5.41, 5.74) is 1.74. The lowest BCUT2D eigenvalue weighted by Gasteiger charge is -2.15. The fourth-order valence-electron chi connectivity index (χ4n) is 1.60. The first-order chi connectivity index (χ1) is 8.17. The van der Waals surface area contributed by atoms with E-state index in [0.29, 0.717) is 25.3 Å². The maximum Gasteiger partial charge on any atom is 0.127 e. The molecule has 0 aliphatic rings. The van der Waals surface area contributed by atoms with E-state index in [1.165, 1.54) is 6.07 Å². The molecule has 0 fully saturated rings. The number of benzene rings is 1. The highest BCUT2D eigenvalue weighted by Crippen LogP contribution is 2.09. The Morgan fingerprint density at radius 2 is 2.12 bits per heavy atom. The van der Waals surface area contributed by atoms with Crippen LogP contribution < -0.4 is 5.32 Å². The first-order valence-electron chi connectivity index (χ1n) is 5.65. The van der Waals surface area contributed by atoms with Gasteiger partial charge in [0.15, 0.2) is 0 Å². The molecule has 0 spiro atoms. The number of halogens is 1. The third kappa shape index (κ3) is 4.81. The van der Waals surface area contributed by atoms with E-state index in [1.54, 1.807) is 20.3 Å². The Labute approximate surface area is 102 Å². The molecule has 0 saturated heterocycles. The Morgan fingerprint density at radius 1 is 1.35 bits per heavy atom. The van der Waals surface area contributed by atoms with Crippen LogP contribution in [0.25, 0.3) is 0 Å². The normalized spacial score (nSPS) is 12.7. The van der Waals surface area contributed by atoms with Gasteiger partial charge in [-0.1, -0.05) is 17.7 Å². The molecule has 0 aliphatic carbocycles. The minimum absolute atomic E-state index is 0.00660. The lowest BCUT2D eigenvalue weighted by atomic mass is 10.1. The van der Waals surface area contributed by atoms with Gasteiger partial charge in [0.25, 0.3) is 0 Å². The van der Waals surface area contributed by atoms with Gasteiger partial charge in [-0.25, -0.2) is 4.39 Å². The van der Waals surface area contributed by atoms with Crippen molar-refractivity contribution < 1.29 is 13.9 Å². The molecule has 0 amide bonds. The molecule has 1 aromatic rings. The summed E-state index contributed by atoms with van der Waals surface area (Å²) in [4.78, 5) is 0. The Morgan fingerprint density at radius 3 is 2.76 bits per heavy atom. The Hall–Kier alpha value is -0.970. The van der Waals surface area contributed by atoms with Gasteiger partial charge in [-0.2, -0.15) is 0 Å². The molecular formula is C13H20FNO2. The van der Waals surface area contributed by atoms with Crippen molar-refractivity contribution in [3.8, 4) is 0 Å². The van der Waals surface area contributed by atoms with Crippen LogP contribution in [0.2, 0.25) is 0 Å². The summed E-state index contributed by atoms with van der Waals surface area (Å²) in [5, 5.41) is 3.16. The Kier molecular flexibility index (Phi) is 6.11. The maximum absolute atomic E-state index is 13.4. The van der Waals surface area contributed by atoms with Crippen LogP contribution in [0.3, 0.4) is 0 Å². The molecule has 17 heavy (non-hydrogen) atoms. The summed E-state index contributed by atoms with van der Waals surface area (Å²) < 4.78 is 23.6. The van der Waals surface area contributed by atoms with E-state index in [4.69, 9.17) is 9.47 Å². The molecule has 0 radical (unpaired) electrons. The quantitative estimate of drug-likeness (QED) is 0.790. The molecule has 0 aromatic heterocycles. The van der Waals surface area contributed by atoms with Gasteiger partial charge >= 0.3 is 0 Å². The summed E-state index contributed by atoms with van der Waals surface area (Å²) in [5.74, 6) is -0.177. The number of rotatable bonds is 7. The van der Waals surface area contributed by atoms with E-state index in [-0.39, 0.29) is 11.9 Å². The molecule has 1 N–H and O–H groups in total. The minimum atomic E-state index is -0.177. The largest absolute Gasteiger partial charge is 0.382 e. The molecule has 1 atom stereocenters. The minimum Gasteiger partial charge on any atom is -0.382 e. The fraction of sp³-hybridized carbons (Fsp3) is 0.538. The van der Waals surface area contributed by atoms with Gasteiger partial charge in [-0.3, -0.25) is 0 Å². The standard InChI is InChI=1S/C13H20FNO2/c1-10-4-5-13(14)11(6-10)7-15-8-12(17-3)9-16-2/h4-6,12,15H,7-9H2,1-3H3. The molecule has 0 aliphatic heterocycles. The molecule has 1 unspecified atom stereocenters. The van der Waals surface area contributed by atoms with E-state index in [0.717, 1.165) is 5.56 Å². The molecule has 4 heteroatoms.